The zero-order valence-corrected chi connectivity index (χ0v) is 10.4. The van der Waals surface area contributed by atoms with E-state index in [2.05, 4.69) is 0 Å². The Bertz CT molecular complexity index is 385. The number of carboxylic acids is 1. The lowest BCUT2D eigenvalue weighted by atomic mass is 10.1. The number of aliphatic carboxylic acids is 1. The molecule has 0 aromatic heterocycles. The van der Waals surface area contributed by atoms with E-state index in [9.17, 15) is 4.79 Å². The summed E-state index contributed by atoms with van der Waals surface area (Å²) in [5, 5.41) is 9.53. The third-order valence-corrected chi connectivity index (χ3v) is 4.46. The van der Waals surface area contributed by atoms with Gasteiger partial charge in [0.1, 0.15) is 0 Å². The van der Waals surface area contributed by atoms with Gasteiger partial charge in [-0.1, -0.05) is 11.6 Å². The van der Waals surface area contributed by atoms with Gasteiger partial charge in [0.25, 0.3) is 0 Å². The summed E-state index contributed by atoms with van der Waals surface area (Å²) < 4.78 is 0. The largest absolute Gasteiger partial charge is 0.481 e. The van der Waals surface area contributed by atoms with Gasteiger partial charge in [0.2, 0.25) is 0 Å². The second-order valence-electron chi connectivity index (χ2n) is 4.31. The van der Waals surface area contributed by atoms with E-state index >= 15 is 0 Å². The van der Waals surface area contributed by atoms with Gasteiger partial charge in [0.15, 0.2) is 0 Å². The second kappa shape index (κ2) is 4.68. The van der Waals surface area contributed by atoms with Gasteiger partial charge in [-0.2, -0.15) is 0 Å². The van der Waals surface area contributed by atoms with Crippen LogP contribution in [0.2, 0.25) is 5.02 Å². The van der Waals surface area contributed by atoms with Crippen molar-refractivity contribution in [3.63, 3.8) is 0 Å². The second-order valence-corrected chi connectivity index (χ2v) is 5.80. The van der Waals surface area contributed by atoms with Crippen molar-refractivity contribution in [2.24, 2.45) is 5.41 Å². The fourth-order valence-corrected chi connectivity index (χ4v) is 2.96. The van der Waals surface area contributed by atoms with Crippen molar-refractivity contribution in [3.8, 4) is 0 Å². The molecule has 0 aliphatic heterocycles. The van der Waals surface area contributed by atoms with Crippen LogP contribution >= 0.6 is 23.4 Å². The molecule has 0 atom stereocenters. The van der Waals surface area contributed by atoms with Crippen molar-refractivity contribution in [1.29, 1.82) is 0 Å². The fourth-order valence-electron chi connectivity index (χ4n) is 1.64. The van der Waals surface area contributed by atoms with E-state index < -0.39 is 5.97 Å². The molecular weight excluding hydrogens is 244 g/mol. The van der Waals surface area contributed by atoms with E-state index in [0.717, 1.165) is 28.5 Å². The zero-order valence-electron chi connectivity index (χ0n) is 8.78. The molecule has 0 amide bonds. The molecule has 0 spiro atoms. The maximum atomic E-state index is 10.7. The SMILES string of the molecule is O=C(O)CC1(CSc2ccc(Cl)cc2)CC1. The molecule has 0 heterocycles. The summed E-state index contributed by atoms with van der Waals surface area (Å²) in [5.74, 6) is 0.204. The summed E-state index contributed by atoms with van der Waals surface area (Å²) in [7, 11) is 0. The third kappa shape index (κ3) is 3.16. The van der Waals surface area contributed by atoms with E-state index in [0.29, 0.717) is 6.42 Å². The molecule has 86 valence electrons. The van der Waals surface area contributed by atoms with Gasteiger partial charge in [-0.25, -0.2) is 0 Å². The van der Waals surface area contributed by atoms with Crippen molar-refractivity contribution < 1.29 is 9.90 Å². The highest BCUT2D eigenvalue weighted by atomic mass is 35.5. The van der Waals surface area contributed by atoms with Crippen molar-refractivity contribution in [3.05, 3.63) is 29.3 Å². The maximum absolute atomic E-state index is 10.7. The van der Waals surface area contributed by atoms with Crippen molar-refractivity contribution in [1.82, 2.24) is 0 Å². The third-order valence-electron chi connectivity index (χ3n) is 2.84. The fraction of sp³-hybridized carbons (Fsp3) is 0.417. The Kier molecular flexibility index (Phi) is 3.45. The topological polar surface area (TPSA) is 37.3 Å². The highest BCUT2D eigenvalue weighted by molar-refractivity contribution is 7.99. The molecule has 0 radical (unpaired) electrons. The van der Waals surface area contributed by atoms with E-state index in [1.807, 2.05) is 24.3 Å². The van der Waals surface area contributed by atoms with Gasteiger partial charge in [-0.3, -0.25) is 4.79 Å². The monoisotopic (exact) mass is 256 g/mol. The van der Waals surface area contributed by atoms with E-state index in [1.54, 1.807) is 11.8 Å². The predicted molar refractivity (Wildman–Crippen MR) is 66.1 cm³/mol. The minimum Gasteiger partial charge on any atom is -0.481 e. The molecule has 1 N–H and O–H groups in total. The van der Waals surface area contributed by atoms with Crippen molar-refractivity contribution >= 4 is 29.3 Å². The molecule has 1 aromatic rings. The number of hydrogen-bond donors (Lipinski definition) is 1. The molecule has 0 unspecified atom stereocenters. The highest BCUT2D eigenvalue weighted by Gasteiger charge is 2.44. The number of carboxylic acid groups (broad SMARTS) is 1. The first-order valence-corrected chi connectivity index (χ1v) is 6.56. The standard InChI is InChI=1S/C12H13ClO2S/c13-9-1-3-10(4-2-9)16-8-12(5-6-12)7-11(14)15/h1-4H,5-8H2,(H,14,15). The molecule has 2 nitrogen and oxygen atoms in total. The average Bonchev–Trinajstić information content (AvgIpc) is 2.97. The summed E-state index contributed by atoms with van der Waals surface area (Å²) in [6, 6.07) is 7.68. The van der Waals surface area contributed by atoms with E-state index in [4.69, 9.17) is 16.7 Å². The summed E-state index contributed by atoms with van der Waals surface area (Å²) in [5.41, 5.74) is 0.0517. The van der Waals surface area contributed by atoms with Crippen LogP contribution in [0.15, 0.2) is 29.2 Å². The van der Waals surface area contributed by atoms with E-state index in [1.165, 1.54) is 0 Å². The lowest BCUT2D eigenvalue weighted by Crippen LogP contribution is -2.10. The van der Waals surface area contributed by atoms with Gasteiger partial charge < -0.3 is 5.11 Å². The molecule has 4 heteroatoms. The van der Waals surface area contributed by atoms with Gasteiger partial charge in [-0.05, 0) is 42.5 Å². The van der Waals surface area contributed by atoms with Gasteiger partial charge in [-0.15, -0.1) is 11.8 Å². The summed E-state index contributed by atoms with van der Waals surface area (Å²) >= 11 is 7.51. The summed E-state index contributed by atoms with van der Waals surface area (Å²) in [4.78, 5) is 11.8. The Morgan fingerprint density at radius 1 is 1.38 bits per heavy atom. The first-order valence-electron chi connectivity index (χ1n) is 5.20. The van der Waals surface area contributed by atoms with Crippen LogP contribution in [0, 0.1) is 5.41 Å². The van der Waals surface area contributed by atoms with Gasteiger partial charge >= 0.3 is 5.97 Å². The average molecular weight is 257 g/mol. The zero-order chi connectivity index (χ0) is 11.6. The normalized spacial score (nSPS) is 17.1. The number of rotatable bonds is 5. The Hall–Kier alpha value is -0.670. The quantitative estimate of drug-likeness (QED) is 0.817. The number of benzene rings is 1. The minimum atomic E-state index is -0.686. The maximum Gasteiger partial charge on any atom is 0.303 e. The highest BCUT2D eigenvalue weighted by Crippen LogP contribution is 2.51. The molecule has 1 aliphatic rings. The lowest BCUT2D eigenvalue weighted by Gasteiger charge is -2.11. The number of halogens is 1. The van der Waals surface area contributed by atoms with Crippen LogP contribution < -0.4 is 0 Å². The van der Waals surface area contributed by atoms with Crippen LogP contribution in [-0.2, 0) is 4.79 Å². The molecule has 1 aromatic carbocycles. The van der Waals surface area contributed by atoms with Crippen LogP contribution in [0.4, 0.5) is 0 Å². The molecule has 1 fully saturated rings. The Morgan fingerprint density at radius 2 is 2.00 bits per heavy atom. The van der Waals surface area contributed by atoms with Crippen molar-refractivity contribution in [2.45, 2.75) is 24.2 Å². The van der Waals surface area contributed by atoms with Gasteiger partial charge in [0.05, 0.1) is 6.42 Å². The Labute approximate surface area is 104 Å². The molecule has 1 saturated carbocycles. The molecular formula is C12H13ClO2S. The Morgan fingerprint density at radius 3 is 2.50 bits per heavy atom. The van der Waals surface area contributed by atoms with Crippen LogP contribution in [0.25, 0.3) is 0 Å². The first-order chi connectivity index (χ1) is 7.60. The first kappa shape index (κ1) is 11.8. The number of thioether (sulfide) groups is 1. The summed E-state index contributed by atoms with van der Waals surface area (Å²) in [6.45, 7) is 0. The molecule has 16 heavy (non-hydrogen) atoms. The number of hydrogen-bond acceptors (Lipinski definition) is 2. The molecule has 0 saturated heterocycles. The van der Waals surface area contributed by atoms with Gasteiger partial charge in [0, 0.05) is 15.7 Å². The molecule has 0 bridgehead atoms. The predicted octanol–water partition coefficient (Wildman–Crippen LogP) is 3.69. The minimum absolute atomic E-state index is 0.0517. The molecule has 2 rings (SSSR count). The van der Waals surface area contributed by atoms with Crippen LogP contribution in [0.1, 0.15) is 19.3 Å². The molecule has 1 aliphatic carbocycles. The lowest BCUT2D eigenvalue weighted by molar-refractivity contribution is -0.138. The van der Waals surface area contributed by atoms with Crippen LogP contribution in [-0.4, -0.2) is 16.8 Å². The Balaban J connectivity index is 1.87. The van der Waals surface area contributed by atoms with Crippen LogP contribution in [0.5, 0.6) is 0 Å². The van der Waals surface area contributed by atoms with E-state index in [-0.39, 0.29) is 5.41 Å². The number of carbonyl (C=O) groups is 1. The van der Waals surface area contributed by atoms with Crippen molar-refractivity contribution in [2.75, 3.05) is 5.75 Å². The van der Waals surface area contributed by atoms with Crippen LogP contribution in [0.3, 0.4) is 0 Å². The smallest absolute Gasteiger partial charge is 0.303 e. The summed E-state index contributed by atoms with van der Waals surface area (Å²) in [6.07, 6.45) is 2.38.